The lowest BCUT2D eigenvalue weighted by atomic mass is 10.1. The van der Waals surface area contributed by atoms with Gasteiger partial charge in [-0.1, -0.05) is 6.07 Å². The van der Waals surface area contributed by atoms with Gasteiger partial charge in [-0.3, -0.25) is 0 Å². The number of alkyl halides is 3. The second kappa shape index (κ2) is 5.37. The van der Waals surface area contributed by atoms with Gasteiger partial charge in [0, 0.05) is 17.1 Å². The molecule has 3 nitrogen and oxygen atoms in total. The van der Waals surface area contributed by atoms with Crippen molar-refractivity contribution in [2.75, 3.05) is 11.1 Å². The summed E-state index contributed by atoms with van der Waals surface area (Å²) in [5, 5.41) is 11.8. The fourth-order valence-electron chi connectivity index (χ4n) is 1.82. The molecule has 0 bridgehead atoms. The summed E-state index contributed by atoms with van der Waals surface area (Å²) in [7, 11) is 0. The summed E-state index contributed by atoms with van der Waals surface area (Å²) < 4.78 is 38.2. The molecular weight excluding hydrogens is 279 g/mol. The van der Waals surface area contributed by atoms with E-state index in [9.17, 15) is 13.2 Å². The van der Waals surface area contributed by atoms with E-state index in [4.69, 9.17) is 11.0 Å². The molecule has 2 rings (SSSR count). The summed E-state index contributed by atoms with van der Waals surface area (Å²) >= 11 is 0. The number of nitrogen functional groups attached to an aromatic ring is 1. The third-order valence-corrected chi connectivity index (χ3v) is 3.02. The van der Waals surface area contributed by atoms with Crippen LogP contribution in [0.3, 0.4) is 0 Å². The lowest BCUT2D eigenvalue weighted by molar-refractivity contribution is -0.137. The quantitative estimate of drug-likeness (QED) is 0.815. The van der Waals surface area contributed by atoms with Gasteiger partial charge in [-0.2, -0.15) is 18.4 Å². The van der Waals surface area contributed by atoms with Crippen LogP contribution in [0.2, 0.25) is 0 Å². The lowest BCUT2D eigenvalue weighted by Gasteiger charge is -2.14. The van der Waals surface area contributed by atoms with Crippen molar-refractivity contribution in [1.82, 2.24) is 0 Å². The molecule has 21 heavy (non-hydrogen) atoms. The molecule has 0 amide bonds. The van der Waals surface area contributed by atoms with Crippen molar-refractivity contribution in [3.63, 3.8) is 0 Å². The summed E-state index contributed by atoms with van der Waals surface area (Å²) in [6.07, 6.45) is -4.40. The molecule has 0 aromatic heterocycles. The highest BCUT2D eigenvalue weighted by atomic mass is 19.4. The van der Waals surface area contributed by atoms with E-state index in [2.05, 4.69) is 5.32 Å². The number of aryl methyl sites for hydroxylation is 1. The number of benzene rings is 2. The van der Waals surface area contributed by atoms with Crippen molar-refractivity contribution in [3.05, 3.63) is 53.1 Å². The summed E-state index contributed by atoms with van der Waals surface area (Å²) in [5.41, 5.74) is 6.97. The maximum Gasteiger partial charge on any atom is 0.416 e. The van der Waals surface area contributed by atoms with Crippen LogP contribution in [0.5, 0.6) is 0 Å². The van der Waals surface area contributed by atoms with Crippen LogP contribution in [-0.2, 0) is 6.18 Å². The Morgan fingerprint density at radius 3 is 2.48 bits per heavy atom. The fourth-order valence-corrected chi connectivity index (χ4v) is 1.82. The van der Waals surface area contributed by atoms with E-state index in [0.717, 1.165) is 12.1 Å². The molecule has 0 saturated carbocycles. The molecule has 2 aromatic rings. The maximum absolute atomic E-state index is 12.7. The van der Waals surface area contributed by atoms with Crippen LogP contribution in [0.25, 0.3) is 0 Å². The smallest absolute Gasteiger partial charge is 0.398 e. The van der Waals surface area contributed by atoms with Crippen LogP contribution >= 0.6 is 0 Å². The Balaban J connectivity index is 2.38. The molecule has 0 aliphatic rings. The third kappa shape index (κ3) is 3.26. The predicted octanol–water partition coefficient (Wildman–Crippen LogP) is 4.21. The zero-order chi connectivity index (χ0) is 15.6. The zero-order valence-corrected chi connectivity index (χ0v) is 11.1. The first-order valence-electron chi connectivity index (χ1n) is 6.06. The monoisotopic (exact) mass is 291 g/mol. The van der Waals surface area contributed by atoms with Gasteiger partial charge in [0.05, 0.1) is 11.1 Å². The van der Waals surface area contributed by atoms with E-state index in [1.54, 1.807) is 13.0 Å². The number of nitriles is 1. The fraction of sp³-hybridized carbons (Fsp3) is 0.133. The molecule has 3 N–H and O–H groups in total. The van der Waals surface area contributed by atoms with Gasteiger partial charge in [0.2, 0.25) is 0 Å². The van der Waals surface area contributed by atoms with E-state index >= 15 is 0 Å². The van der Waals surface area contributed by atoms with Gasteiger partial charge in [-0.05, 0) is 42.8 Å². The average molecular weight is 291 g/mol. The number of nitrogens with zero attached hydrogens (tertiary/aromatic N) is 1. The number of hydrogen-bond donors (Lipinski definition) is 2. The molecule has 0 heterocycles. The van der Waals surface area contributed by atoms with Crippen LogP contribution in [0.4, 0.5) is 30.2 Å². The molecule has 0 atom stereocenters. The number of nitrogens with two attached hydrogens (primary N) is 1. The number of hydrogen-bond acceptors (Lipinski definition) is 3. The molecule has 0 aliphatic carbocycles. The predicted molar refractivity (Wildman–Crippen MR) is 75.0 cm³/mol. The maximum atomic E-state index is 12.7. The van der Waals surface area contributed by atoms with E-state index < -0.39 is 11.7 Å². The Morgan fingerprint density at radius 2 is 1.86 bits per heavy atom. The summed E-state index contributed by atoms with van der Waals surface area (Å²) in [6, 6.07) is 10.0. The Labute approximate surface area is 119 Å². The Hall–Kier alpha value is -2.68. The molecule has 0 radical (unpaired) electrons. The van der Waals surface area contributed by atoms with Crippen LogP contribution in [-0.4, -0.2) is 0 Å². The summed E-state index contributed by atoms with van der Waals surface area (Å²) in [5.74, 6) is 0. The third-order valence-electron chi connectivity index (χ3n) is 3.02. The van der Waals surface area contributed by atoms with E-state index in [1.165, 1.54) is 18.2 Å². The van der Waals surface area contributed by atoms with E-state index in [1.807, 2.05) is 6.07 Å². The number of halogens is 3. The van der Waals surface area contributed by atoms with Crippen molar-refractivity contribution in [2.45, 2.75) is 13.1 Å². The highest BCUT2D eigenvalue weighted by Gasteiger charge is 2.30. The molecule has 2 aromatic carbocycles. The van der Waals surface area contributed by atoms with Crippen LogP contribution in [0.1, 0.15) is 16.7 Å². The second-order valence-electron chi connectivity index (χ2n) is 4.57. The first kappa shape index (κ1) is 14.7. The van der Waals surface area contributed by atoms with E-state index in [-0.39, 0.29) is 5.56 Å². The van der Waals surface area contributed by atoms with Crippen LogP contribution in [0, 0.1) is 18.3 Å². The second-order valence-corrected chi connectivity index (χ2v) is 4.57. The average Bonchev–Trinajstić information content (AvgIpc) is 2.42. The highest BCUT2D eigenvalue weighted by Crippen LogP contribution is 2.33. The van der Waals surface area contributed by atoms with Gasteiger partial charge >= 0.3 is 6.18 Å². The van der Waals surface area contributed by atoms with Crippen molar-refractivity contribution in [1.29, 1.82) is 5.26 Å². The van der Waals surface area contributed by atoms with Gasteiger partial charge in [0.15, 0.2) is 0 Å². The molecular formula is C15H12F3N3. The molecule has 0 unspecified atom stereocenters. The minimum Gasteiger partial charge on any atom is -0.398 e. The molecule has 108 valence electrons. The molecule has 0 spiro atoms. The first-order valence-corrected chi connectivity index (χ1v) is 6.06. The van der Waals surface area contributed by atoms with Crippen molar-refractivity contribution >= 4 is 17.1 Å². The van der Waals surface area contributed by atoms with Gasteiger partial charge < -0.3 is 11.1 Å². The largest absolute Gasteiger partial charge is 0.416 e. The van der Waals surface area contributed by atoms with E-state index in [0.29, 0.717) is 22.6 Å². The minimum absolute atomic E-state index is 0.268. The molecule has 0 aliphatic heterocycles. The summed E-state index contributed by atoms with van der Waals surface area (Å²) in [4.78, 5) is 0. The Morgan fingerprint density at radius 1 is 1.14 bits per heavy atom. The highest BCUT2D eigenvalue weighted by molar-refractivity contribution is 5.69. The van der Waals surface area contributed by atoms with Crippen LogP contribution in [0.15, 0.2) is 36.4 Å². The first-order chi connectivity index (χ1) is 9.81. The number of nitrogens with one attached hydrogen (secondary N) is 1. The molecule has 6 heteroatoms. The van der Waals surface area contributed by atoms with Crippen molar-refractivity contribution in [3.8, 4) is 6.07 Å². The SMILES string of the molecule is Cc1ccc(C(F)(F)F)cc1Nc1ccc(N)c(C#N)c1. The standard InChI is InChI=1S/C15H12F3N3/c1-9-2-3-11(15(16,17)18)7-14(9)21-12-4-5-13(20)10(6-12)8-19/h2-7,21H,20H2,1H3. The van der Waals surface area contributed by atoms with Gasteiger partial charge in [0.25, 0.3) is 0 Å². The van der Waals surface area contributed by atoms with Gasteiger partial charge in [-0.15, -0.1) is 0 Å². The van der Waals surface area contributed by atoms with Gasteiger partial charge in [0.1, 0.15) is 6.07 Å². The summed E-state index contributed by atoms with van der Waals surface area (Å²) in [6.45, 7) is 1.70. The normalized spacial score (nSPS) is 11.0. The van der Waals surface area contributed by atoms with Crippen molar-refractivity contribution in [2.24, 2.45) is 0 Å². The molecule has 0 fully saturated rings. The number of anilines is 3. The Bertz CT molecular complexity index is 715. The molecule has 0 saturated heterocycles. The minimum atomic E-state index is -4.40. The Kier molecular flexibility index (Phi) is 3.76. The zero-order valence-electron chi connectivity index (χ0n) is 11.1. The van der Waals surface area contributed by atoms with Crippen LogP contribution < -0.4 is 11.1 Å². The van der Waals surface area contributed by atoms with Gasteiger partial charge in [-0.25, -0.2) is 0 Å². The van der Waals surface area contributed by atoms with Crippen molar-refractivity contribution < 1.29 is 13.2 Å². The number of rotatable bonds is 2. The lowest BCUT2D eigenvalue weighted by Crippen LogP contribution is -2.06. The topological polar surface area (TPSA) is 61.8 Å².